The molecule has 0 aliphatic carbocycles. The molecule has 1 aromatic carbocycles. The Morgan fingerprint density at radius 2 is 1.42 bits per heavy atom. The van der Waals surface area contributed by atoms with Gasteiger partial charge in [-0.05, 0) is 24.3 Å². The molecule has 5 heteroatoms. The first kappa shape index (κ1) is 10.7. The summed E-state index contributed by atoms with van der Waals surface area (Å²) in [6.07, 6.45) is -4.27. The van der Waals surface area contributed by atoms with Crippen molar-refractivity contribution in [2.75, 3.05) is 5.73 Å². The second-order valence-corrected chi connectivity index (χ2v) is 2.12. The number of alkyl halides is 3. The van der Waals surface area contributed by atoms with Crippen molar-refractivity contribution < 1.29 is 17.9 Å². The van der Waals surface area contributed by atoms with Crippen LogP contribution in [-0.4, -0.2) is 0 Å². The predicted octanol–water partition coefficient (Wildman–Crippen LogP) is 2.44. The Morgan fingerprint density at radius 1 is 1.00 bits per heavy atom. The van der Waals surface area contributed by atoms with Crippen LogP contribution in [0.2, 0.25) is 0 Å². The van der Waals surface area contributed by atoms with Gasteiger partial charge in [-0.25, -0.2) is 0 Å². The number of nitrogens with two attached hydrogens (primary N) is 1. The van der Waals surface area contributed by atoms with E-state index in [1.54, 1.807) is 0 Å². The number of benzene rings is 1. The van der Waals surface area contributed by atoms with E-state index in [1.165, 1.54) is 12.1 Å². The molecular formula is C7H7F4N. The summed E-state index contributed by atoms with van der Waals surface area (Å²) in [5.74, 6) is 0. The van der Waals surface area contributed by atoms with Crippen molar-refractivity contribution in [1.82, 2.24) is 0 Å². The zero-order valence-electron chi connectivity index (χ0n) is 5.93. The van der Waals surface area contributed by atoms with Crippen molar-refractivity contribution in [2.24, 2.45) is 0 Å². The second-order valence-electron chi connectivity index (χ2n) is 2.12. The van der Waals surface area contributed by atoms with Crippen LogP contribution < -0.4 is 5.73 Å². The van der Waals surface area contributed by atoms with Crippen molar-refractivity contribution in [2.45, 2.75) is 6.18 Å². The quantitative estimate of drug-likeness (QED) is 0.482. The van der Waals surface area contributed by atoms with E-state index in [2.05, 4.69) is 0 Å². The molecule has 1 rings (SSSR count). The van der Waals surface area contributed by atoms with Gasteiger partial charge in [0.1, 0.15) is 0 Å². The summed E-state index contributed by atoms with van der Waals surface area (Å²) in [4.78, 5) is 0. The predicted molar refractivity (Wildman–Crippen MR) is 38.4 cm³/mol. The molecular weight excluding hydrogens is 174 g/mol. The Bertz CT molecular complexity index is 239. The minimum atomic E-state index is -4.27. The first-order chi connectivity index (χ1) is 5.00. The van der Waals surface area contributed by atoms with Gasteiger partial charge in [0.2, 0.25) is 0 Å². The van der Waals surface area contributed by atoms with Gasteiger partial charge >= 0.3 is 6.18 Å². The van der Waals surface area contributed by atoms with Gasteiger partial charge in [0.15, 0.2) is 0 Å². The van der Waals surface area contributed by atoms with Gasteiger partial charge in [-0.3, -0.25) is 4.70 Å². The van der Waals surface area contributed by atoms with E-state index < -0.39 is 11.7 Å². The Balaban J connectivity index is 0.00000121. The largest absolute Gasteiger partial charge is 0.416 e. The molecule has 0 aromatic heterocycles. The monoisotopic (exact) mass is 181 g/mol. The third-order valence-electron chi connectivity index (χ3n) is 1.24. The normalized spacial score (nSPS) is 10.6. The highest BCUT2D eigenvalue weighted by Crippen LogP contribution is 2.29. The molecule has 0 fully saturated rings. The average Bonchev–Trinajstić information content (AvgIpc) is 1.86. The Kier molecular flexibility index (Phi) is 3.06. The third-order valence-corrected chi connectivity index (χ3v) is 1.24. The molecule has 0 amide bonds. The molecule has 0 unspecified atom stereocenters. The number of hydrogen-bond donors (Lipinski definition) is 1. The lowest BCUT2D eigenvalue weighted by molar-refractivity contribution is -0.137. The van der Waals surface area contributed by atoms with E-state index in [9.17, 15) is 13.2 Å². The van der Waals surface area contributed by atoms with E-state index in [1.807, 2.05) is 0 Å². The maximum Gasteiger partial charge on any atom is 0.416 e. The minimum Gasteiger partial charge on any atom is -0.399 e. The fourth-order valence-electron chi connectivity index (χ4n) is 0.672. The maximum absolute atomic E-state index is 11.9. The zero-order valence-corrected chi connectivity index (χ0v) is 5.93. The van der Waals surface area contributed by atoms with Crippen LogP contribution in [0.1, 0.15) is 5.56 Å². The van der Waals surface area contributed by atoms with E-state index in [-0.39, 0.29) is 4.70 Å². The lowest BCUT2D eigenvalue weighted by atomic mass is 10.2. The van der Waals surface area contributed by atoms with Gasteiger partial charge < -0.3 is 5.73 Å². The van der Waals surface area contributed by atoms with Crippen LogP contribution in [0.5, 0.6) is 0 Å². The number of rotatable bonds is 0. The highest BCUT2D eigenvalue weighted by Gasteiger charge is 2.29. The van der Waals surface area contributed by atoms with Crippen LogP contribution >= 0.6 is 0 Å². The highest BCUT2D eigenvalue weighted by molar-refractivity contribution is 5.39. The van der Waals surface area contributed by atoms with Gasteiger partial charge in [0.05, 0.1) is 5.56 Å². The van der Waals surface area contributed by atoms with E-state index in [0.717, 1.165) is 12.1 Å². The summed E-state index contributed by atoms with van der Waals surface area (Å²) < 4.78 is 35.6. The molecule has 0 aliphatic rings. The van der Waals surface area contributed by atoms with Crippen LogP contribution in [0.25, 0.3) is 0 Å². The van der Waals surface area contributed by atoms with Gasteiger partial charge in [0, 0.05) is 5.69 Å². The summed E-state index contributed by atoms with van der Waals surface area (Å²) >= 11 is 0. The molecule has 0 atom stereocenters. The summed E-state index contributed by atoms with van der Waals surface area (Å²) in [7, 11) is 0. The van der Waals surface area contributed by atoms with Crippen LogP contribution in [0.4, 0.5) is 23.6 Å². The van der Waals surface area contributed by atoms with Crippen molar-refractivity contribution >= 4 is 5.69 Å². The van der Waals surface area contributed by atoms with Crippen molar-refractivity contribution in [3.8, 4) is 0 Å². The van der Waals surface area contributed by atoms with Crippen LogP contribution in [0, 0.1) is 0 Å². The first-order valence-electron chi connectivity index (χ1n) is 2.93. The van der Waals surface area contributed by atoms with Crippen LogP contribution in [0.15, 0.2) is 24.3 Å². The Hall–Kier alpha value is -1.26. The van der Waals surface area contributed by atoms with Crippen molar-refractivity contribution in [1.29, 1.82) is 0 Å². The summed E-state index contributed by atoms with van der Waals surface area (Å²) in [6, 6.07) is 4.36. The molecule has 0 bridgehead atoms. The smallest absolute Gasteiger partial charge is 0.399 e. The van der Waals surface area contributed by atoms with Gasteiger partial charge in [-0.1, -0.05) is 0 Å². The van der Waals surface area contributed by atoms with E-state index in [4.69, 9.17) is 5.73 Å². The molecule has 2 N–H and O–H groups in total. The molecule has 1 aromatic rings. The molecule has 0 saturated heterocycles. The van der Waals surface area contributed by atoms with Gasteiger partial charge in [-0.2, -0.15) is 13.2 Å². The first-order valence-corrected chi connectivity index (χ1v) is 2.93. The van der Waals surface area contributed by atoms with Crippen molar-refractivity contribution in [3.63, 3.8) is 0 Å². The minimum absolute atomic E-state index is 0. The second kappa shape index (κ2) is 3.42. The van der Waals surface area contributed by atoms with E-state index >= 15 is 0 Å². The summed E-state index contributed by atoms with van der Waals surface area (Å²) in [5.41, 5.74) is 4.86. The van der Waals surface area contributed by atoms with Gasteiger partial charge in [-0.15, -0.1) is 0 Å². The fourth-order valence-corrected chi connectivity index (χ4v) is 0.672. The SMILES string of the molecule is F.Nc1ccc(C(F)(F)F)cc1. The van der Waals surface area contributed by atoms with Crippen LogP contribution in [-0.2, 0) is 6.18 Å². The van der Waals surface area contributed by atoms with Crippen molar-refractivity contribution in [3.05, 3.63) is 29.8 Å². The topological polar surface area (TPSA) is 26.0 Å². The summed E-state index contributed by atoms with van der Waals surface area (Å²) in [6.45, 7) is 0. The lowest BCUT2D eigenvalue weighted by Gasteiger charge is -2.05. The molecule has 68 valence electrons. The molecule has 12 heavy (non-hydrogen) atoms. The third kappa shape index (κ3) is 2.41. The average molecular weight is 181 g/mol. The molecule has 0 radical (unpaired) electrons. The molecule has 0 heterocycles. The number of nitrogen functional groups attached to an aromatic ring is 1. The molecule has 1 nitrogen and oxygen atoms in total. The number of hydrogen-bond acceptors (Lipinski definition) is 1. The Labute approximate surface area is 66.4 Å². The highest BCUT2D eigenvalue weighted by atomic mass is 19.4. The molecule has 0 spiro atoms. The molecule has 0 aliphatic heterocycles. The number of halogens is 4. The lowest BCUT2D eigenvalue weighted by Crippen LogP contribution is -2.04. The van der Waals surface area contributed by atoms with E-state index in [0.29, 0.717) is 5.69 Å². The molecule has 0 saturated carbocycles. The fraction of sp³-hybridized carbons (Fsp3) is 0.143. The number of anilines is 1. The van der Waals surface area contributed by atoms with Gasteiger partial charge in [0.25, 0.3) is 0 Å². The standard InChI is InChI=1S/C7H6F3N.FH/c8-7(9,10)5-1-3-6(11)4-2-5;/h1-4H,11H2;1H. The Morgan fingerprint density at radius 3 is 1.75 bits per heavy atom. The summed E-state index contributed by atoms with van der Waals surface area (Å²) in [5, 5.41) is 0. The maximum atomic E-state index is 11.9. The zero-order chi connectivity index (χ0) is 8.48. The van der Waals surface area contributed by atoms with Crippen LogP contribution in [0.3, 0.4) is 0 Å².